The number of aromatic nitrogens is 3. The first-order valence-corrected chi connectivity index (χ1v) is 5.80. The van der Waals surface area contributed by atoms with Crippen LogP contribution >= 0.6 is 15.9 Å². The highest BCUT2D eigenvalue weighted by molar-refractivity contribution is 9.10. The van der Waals surface area contributed by atoms with Crippen LogP contribution in [-0.4, -0.2) is 39.2 Å². The van der Waals surface area contributed by atoms with E-state index in [1.54, 1.807) is 10.9 Å². The van der Waals surface area contributed by atoms with E-state index in [4.69, 9.17) is 4.74 Å². The highest BCUT2D eigenvalue weighted by Crippen LogP contribution is 2.24. The fourth-order valence-corrected chi connectivity index (χ4v) is 2.21. The molecule has 6 heteroatoms. The molecule has 5 nitrogen and oxygen atoms in total. The number of hydrogen-bond donors (Lipinski definition) is 1. The van der Waals surface area contributed by atoms with Crippen molar-refractivity contribution in [3.63, 3.8) is 0 Å². The molecule has 0 radical (unpaired) electrons. The Morgan fingerprint density at radius 2 is 2.31 bits per heavy atom. The van der Waals surface area contributed by atoms with E-state index in [-0.39, 0.29) is 6.04 Å². The first-order valence-electron chi connectivity index (χ1n) is 5.01. The van der Waals surface area contributed by atoms with Gasteiger partial charge in [0.2, 0.25) is 0 Å². The number of aliphatic hydroxyl groups is 1. The number of nitrogens with zero attached hydrogens (tertiary/aromatic N) is 3. The number of hydrogen-bond acceptors (Lipinski definition) is 4. The largest absolute Gasteiger partial charge is 0.388 e. The minimum Gasteiger partial charge on any atom is -0.388 e. The van der Waals surface area contributed by atoms with Crippen LogP contribution in [0.15, 0.2) is 22.9 Å². The average molecular weight is 284 g/mol. The van der Waals surface area contributed by atoms with Crippen molar-refractivity contribution in [2.45, 2.75) is 12.1 Å². The summed E-state index contributed by atoms with van der Waals surface area (Å²) < 4.78 is 7.72. The van der Waals surface area contributed by atoms with Crippen LogP contribution in [0.3, 0.4) is 0 Å². The summed E-state index contributed by atoms with van der Waals surface area (Å²) in [6, 6.07) is 3.67. The Labute approximate surface area is 100 Å². The fraction of sp³-hybridized carbons (Fsp3) is 0.400. The van der Waals surface area contributed by atoms with Gasteiger partial charge in [-0.05, 0) is 28.1 Å². The second-order valence-corrected chi connectivity index (χ2v) is 4.62. The monoisotopic (exact) mass is 283 g/mol. The summed E-state index contributed by atoms with van der Waals surface area (Å²) in [4.78, 5) is 4.37. The standard InChI is InChI=1S/C10H10BrN3O2/c11-9-2-1-6-3-12-14(10(6)13-9)7-4-16-5-8(7)15/h1-3,7-8,15H,4-5H2. The molecule has 1 fully saturated rings. The minimum atomic E-state index is -0.510. The molecule has 2 atom stereocenters. The minimum absolute atomic E-state index is 0.140. The van der Waals surface area contributed by atoms with Crippen molar-refractivity contribution in [3.05, 3.63) is 22.9 Å². The molecule has 0 aromatic carbocycles. The molecule has 0 aliphatic carbocycles. The summed E-state index contributed by atoms with van der Waals surface area (Å²) in [5.74, 6) is 0. The Morgan fingerprint density at radius 1 is 1.44 bits per heavy atom. The molecule has 1 saturated heterocycles. The molecular formula is C10H10BrN3O2. The molecule has 3 heterocycles. The molecule has 0 bridgehead atoms. The van der Waals surface area contributed by atoms with Crippen LogP contribution in [0.2, 0.25) is 0 Å². The predicted octanol–water partition coefficient (Wildman–Crippen LogP) is 1.13. The zero-order valence-electron chi connectivity index (χ0n) is 8.38. The summed E-state index contributed by atoms with van der Waals surface area (Å²) >= 11 is 3.33. The van der Waals surface area contributed by atoms with Crippen LogP contribution in [0.4, 0.5) is 0 Å². The second kappa shape index (κ2) is 3.80. The van der Waals surface area contributed by atoms with Gasteiger partial charge < -0.3 is 9.84 Å². The zero-order valence-corrected chi connectivity index (χ0v) is 9.96. The van der Waals surface area contributed by atoms with Gasteiger partial charge in [0.05, 0.1) is 19.4 Å². The van der Waals surface area contributed by atoms with Gasteiger partial charge in [0, 0.05) is 5.39 Å². The van der Waals surface area contributed by atoms with Crippen LogP contribution in [0.5, 0.6) is 0 Å². The van der Waals surface area contributed by atoms with E-state index in [9.17, 15) is 5.11 Å². The molecule has 2 aromatic heterocycles. The van der Waals surface area contributed by atoms with Gasteiger partial charge in [-0.25, -0.2) is 9.67 Å². The summed E-state index contributed by atoms with van der Waals surface area (Å²) in [5, 5.41) is 15.0. The molecule has 1 aliphatic heterocycles. The number of fused-ring (bicyclic) bond motifs is 1. The van der Waals surface area contributed by atoms with Gasteiger partial charge in [-0.3, -0.25) is 0 Å². The lowest BCUT2D eigenvalue weighted by Gasteiger charge is -2.13. The van der Waals surface area contributed by atoms with Gasteiger partial charge in [-0.15, -0.1) is 0 Å². The molecule has 16 heavy (non-hydrogen) atoms. The van der Waals surface area contributed by atoms with Crippen LogP contribution in [0.1, 0.15) is 6.04 Å². The van der Waals surface area contributed by atoms with Crippen molar-refractivity contribution >= 4 is 27.0 Å². The van der Waals surface area contributed by atoms with Crippen molar-refractivity contribution in [2.24, 2.45) is 0 Å². The van der Waals surface area contributed by atoms with Gasteiger partial charge in [0.25, 0.3) is 0 Å². The maximum atomic E-state index is 9.76. The van der Waals surface area contributed by atoms with Gasteiger partial charge >= 0.3 is 0 Å². The van der Waals surface area contributed by atoms with Gasteiger partial charge in [-0.2, -0.15) is 5.10 Å². The maximum absolute atomic E-state index is 9.76. The maximum Gasteiger partial charge on any atom is 0.159 e. The Morgan fingerprint density at radius 3 is 3.06 bits per heavy atom. The van der Waals surface area contributed by atoms with Crippen LogP contribution < -0.4 is 0 Å². The van der Waals surface area contributed by atoms with Crippen LogP contribution in [-0.2, 0) is 4.74 Å². The Kier molecular flexibility index (Phi) is 2.42. The van der Waals surface area contributed by atoms with Gasteiger partial charge in [0.1, 0.15) is 16.7 Å². The van der Waals surface area contributed by atoms with Crippen LogP contribution in [0.25, 0.3) is 11.0 Å². The number of rotatable bonds is 1. The Balaban J connectivity index is 2.12. The molecule has 2 aromatic rings. The van der Waals surface area contributed by atoms with E-state index in [0.29, 0.717) is 13.2 Å². The second-order valence-electron chi connectivity index (χ2n) is 3.81. The average Bonchev–Trinajstić information content (AvgIpc) is 2.83. The molecule has 84 valence electrons. The third kappa shape index (κ3) is 1.53. The summed E-state index contributed by atoms with van der Waals surface area (Å²) in [6.07, 6.45) is 1.24. The van der Waals surface area contributed by atoms with Crippen molar-refractivity contribution in [1.82, 2.24) is 14.8 Å². The smallest absolute Gasteiger partial charge is 0.159 e. The quantitative estimate of drug-likeness (QED) is 0.797. The Bertz CT molecular complexity index is 528. The fourth-order valence-electron chi connectivity index (χ4n) is 1.91. The predicted molar refractivity (Wildman–Crippen MR) is 61.1 cm³/mol. The lowest BCUT2D eigenvalue weighted by molar-refractivity contribution is 0.118. The highest BCUT2D eigenvalue weighted by Gasteiger charge is 2.29. The third-order valence-corrected chi connectivity index (χ3v) is 3.19. The normalized spacial score (nSPS) is 25.4. The van der Waals surface area contributed by atoms with E-state index in [0.717, 1.165) is 15.6 Å². The molecule has 0 amide bonds. The van der Waals surface area contributed by atoms with Crippen molar-refractivity contribution in [3.8, 4) is 0 Å². The summed E-state index contributed by atoms with van der Waals surface area (Å²) in [7, 11) is 0. The van der Waals surface area contributed by atoms with E-state index in [2.05, 4.69) is 26.0 Å². The van der Waals surface area contributed by atoms with Crippen molar-refractivity contribution in [1.29, 1.82) is 0 Å². The first-order chi connectivity index (χ1) is 7.75. The summed E-state index contributed by atoms with van der Waals surface area (Å²) in [6.45, 7) is 0.839. The molecule has 0 spiro atoms. The number of pyridine rings is 1. The number of aliphatic hydroxyl groups excluding tert-OH is 1. The first kappa shape index (κ1) is 10.2. The van der Waals surface area contributed by atoms with Crippen molar-refractivity contribution < 1.29 is 9.84 Å². The molecule has 2 unspecified atom stereocenters. The van der Waals surface area contributed by atoms with E-state index < -0.39 is 6.10 Å². The molecule has 1 aliphatic rings. The SMILES string of the molecule is OC1COCC1n1ncc2ccc(Br)nc21. The highest BCUT2D eigenvalue weighted by atomic mass is 79.9. The topological polar surface area (TPSA) is 60.2 Å². The number of ether oxygens (including phenoxy) is 1. The molecule has 3 rings (SSSR count). The van der Waals surface area contributed by atoms with E-state index >= 15 is 0 Å². The van der Waals surface area contributed by atoms with Crippen LogP contribution in [0, 0.1) is 0 Å². The lowest BCUT2D eigenvalue weighted by Crippen LogP contribution is -2.23. The molecular weight excluding hydrogens is 274 g/mol. The molecule has 1 N–H and O–H groups in total. The summed E-state index contributed by atoms with van der Waals surface area (Å²) in [5.41, 5.74) is 0.768. The van der Waals surface area contributed by atoms with Gasteiger partial charge in [-0.1, -0.05) is 0 Å². The Hall–Kier alpha value is -0.980. The number of halogens is 1. The molecule has 0 saturated carbocycles. The van der Waals surface area contributed by atoms with Gasteiger partial charge in [0.15, 0.2) is 5.65 Å². The van der Waals surface area contributed by atoms with Crippen molar-refractivity contribution in [2.75, 3.05) is 13.2 Å². The lowest BCUT2D eigenvalue weighted by atomic mass is 10.2. The third-order valence-electron chi connectivity index (χ3n) is 2.75. The van der Waals surface area contributed by atoms with E-state index in [1.807, 2.05) is 12.1 Å². The van der Waals surface area contributed by atoms with E-state index in [1.165, 1.54) is 0 Å². The zero-order chi connectivity index (χ0) is 11.1.